The molecule has 0 aliphatic carbocycles. The number of nitrogens with zero attached hydrogens (tertiary/aromatic N) is 4. The number of aryl methyl sites for hydroxylation is 1. The molecular weight excluding hydrogens is 478 g/mol. The quantitative estimate of drug-likeness (QED) is 0.384. The number of nitrogens with one attached hydrogen (secondary N) is 1. The van der Waals surface area contributed by atoms with E-state index in [2.05, 4.69) is 31.4 Å². The van der Waals surface area contributed by atoms with Crippen molar-refractivity contribution >= 4 is 39.1 Å². The van der Waals surface area contributed by atoms with E-state index in [4.69, 9.17) is 11.6 Å². The highest BCUT2D eigenvalue weighted by Crippen LogP contribution is 2.20. The third-order valence-electron chi connectivity index (χ3n) is 4.96. The number of halogens is 2. The average Bonchev–Trinajstić information content (AvgIpc) is 3.29. The average molecular weight is 499 g/mol. The molecule has 0 atom stereocenters. The van der Waals surface area contributed by atoms with E-state index in [1.54, 1.807) is 16.9 Å². The molecule has 0 aliphatic heterocycles. The van der Waals surface area contributed by atoms with E-state index in [0.717, 1.165) is 27.0 Å². The Kier molecular flexibility index (Phi) is 6.25. The maximum atomic E-state index is 12.8. The molecule has 31 heavy (non-hydrogen) atoms. The lowest BCUT2D eigenvalue weighted by atomic mass is 10.1. The molecule has 2 aromatic heterocycles. The van der Waals surface area contributed by atoms with Crippen molar-refractivity contribution in [1.82, 2.24) is 19.6 Å². The summed E-state index contributed by atoms with van der Waals surface area (Å²) in [6.45, 7) is 4.99. The Bertz CT molecular complexity index is 1230. The molecule has 2 heterocycles. The van der Waals surface area contributed by atoms with Gasteiger partial charge in [-0.25, -0.2) is 0 Å². The number of carbonyl (C=O) groups excluding carboxylic acids is 1. The fraction of sp³-hybridized carbons (Fsp3) is 0.174. The molecule has 0 saturated carbocycles. The van der Waals surface area contributed by atoms with Crippen LogP contribution in [-0.4, -0.2) is 25.5 Å². The second-order valence-corrected chi connectivity index (χ2v) is 8.64. The zero-order chi connectivity index (χ0) is 22.0. The van der Waals surface area contributed by atoms with Crippen LogP contribution in [0.15, 0.2) is 65.4 Å². The van der Waals surface area contributed by atoms with Gasteiger partial charge in [0.15, 0.2) is 0 Å². The summed E-state index contributed by atoms with van der Waals surface area (Å²) in [5.74, 6) is -0.184. The van der Waals surface area contributed by atoms with Crippen molar-refractivity contribution in [2.75, 3.05) is 5.32 Å². The van der Waals surface area contributed by atoms with Crippen LogP contribution in [0.3, 0.4) is 0 Å². The normalized spacial score (nSPS) is 11.0. The largest absolute Gasteiger partial charge is 0.319 e. The Morgan fingerprint density at radius 1 is 1.10 bits per heavy atom. The molecule has 2 aromatic carbocycles. The predicted molar refractivity (Wildman–Crippen MR) is 126 cm³/mol. The maximum absolute atomic E-state index is 12.8. The first-order chi connectivity index (χ1) is 14.9. The summed E-state index contributed by atoms with van der Waals surface area (Å²) in [6.07, 6.45) is 3.47. The minimum absolute atomic E-state index is 0.184. The third kappa shape index (κ3) is 5.06. The summed E-state index contributed by atoms with van der Waals surface area (Å²) < 4.78 is 4.68. The second-order valence-electron chi connectivity index (χ2n) is 7.35. The molecule has 158 valence electrons. The summed E-state index contributed by atoms with van der Waals surface area (Å²) in [5.41, 5.74) is 5.03. The van der Waals surface area contributed by atoms with Crippen LogP contribution in [0.25, 0.3) is 0 Å². The van der Waals surface area contributed by atoms with Crippen molar-refractivity contribution in [2.45, 2.75) is 26.9 Å². The van der Waals surface area contributed by atoms with Crippen molar-refractivity contribution in [3.05, 3.63) is 98.5 Å². The standard InChI is InChI=1S/C23H21BrClN5O/c1-15-22(25)16(2)30(28-15)13-18-4-3-5-19(10-18)23(31)27-21-11-26-29(14-21)12-17-6-8-20(24)9-7-17/h3-11,14H,12-13H2,1-2H3,(H,27,31). The van der Waals surface area contributed by atoms with Gasteiger partial charge in [-0.05, 0) is 49.2 Å². The van der Waals surface area contributed by atoms with Crippen LogP contribution >= 0.6 is 27.5 Å². The van der Waals surface area contributed by atoms with E-state index in [-0.39, 0.29) is 5.91 Å². The van der Waals surface area contributed by atoms with Crippen molar-refractivity contribution in [1.29, 1.82) is 0 Å². The number of anilines is 1. The van der Waals surface area contributed by atoms with Gasteiger partial charge >= 0.3 is 0 Å². The van der Waals surface area contributed by atoms with Gasteiger partial charge in [0.1, 0.15) is 0 Å². The predicted octanol–water partition coefficient (Wildman–Crippen LogP) is 5.46. The number of rotatable bonds is 6. The molecule has 4 aromatic rings. The van der Waals surface area contributed by atoms with Crippen molar-refractivity contribution in [2.24, 2.45) is 0 Å². The number of benzene rings is 2. The zero-order valence-electron chi connectivity index (χ0n) is 17.1. The second kappa shape index (κ2) is 9.08. The van der Waals surface area contributed by atoms with Crippen LogP contribution in [0, 0.1) is 13.8 Å². The minimum atomic E-state index is -0.184. The summed E-state index contributed by atoms with van der Waals surface area (Å²) in [6, 6.07) is 15.6. The van der Waals surface area contributed by atoms with E-state index in [1.807, 2.05) is 67.2 Å². The molecule has 0 unspecified atom stereocenters. The van der Waals surface area contributed by atoms with Crippen LogP contribution < -0.4 is 5.32 Å². The topological polar surface area (TPSA) is 64.7 Å². The zero-order valence-corrected chi connectivity index (χ0v) is 19.5. The van der Waals surface area contributed by atoms with Crippen LogP contribution in [0.4, 0.5) is 5.69 Å². The van der Waals surface area contributed by atoms with Gasteiger partial charge in [-0.2, -0.15) is 10.2 Å². The fourth-order valence-electron chi connectivity index (χ4n) is 3.31. The highest BCUT2D eigenvalue weighted by atomic mass is 79.9. The Labute approximate surface area is 194 Å². The number of amides is 1. The molecule has 6 nitrogen and oxygen atoms in total. The van der Waals surface area contributed by atoms with Gasteiger partial charge in [-0.15, -0.1) is 0 Å². The highest BCUT2D eigenvalue weighted by molar-refractivity contribution is 9.10. The molecule has 4 rings (SSSR count). The SMILES string of the molecule is Cc1nn(Cc2cccc(C(=O)Nc3cnn(Cc4ccc(Br)cc4)c3)c2)c(C)c1Cl. The molecule has 1 N–H and O–H groups in total. The third-order valence-corrected chi connectivity index (χ3v) is 6.04. The molecule has 0 aliphatic rings. The molecular formula is C23H21BrClN5O. The molecule has 0 spiro atoms. The van der Waals surface area contributed by atoms with E-state index in [9.17, 15) is 4.79 Å². The van der Waals surface area contributed by atoms with Crippen LogP contribution in [0.5, 0.6) is 0 Å². The van der Waals surface area contributed by atoms with Gasteiger partial charge in [0.25, 0.3) is 5.91 Å². The van der Waals surface area contributed by atoms with E-state index in [1.165, 1.54) is 0 Å². The Morgan fingerprint density at radius 3 is 2.58 bits per heavy atom. The molecule has 8 heteroatoms. The summed E-state index contributed by atoms with van der Waals surface area (Å²) in [7, 11) is 0. The van der Waals surface area contributed by atoms with Gasteiger partial charge in [-0.3, -0.25) is 14.2 Å². The van der Waals surface area contributed by atoms with Gasteiger partial charge in [0.05, 0.1) is 41.4 Å². The molecule has 0 fully saturated rings. The lowest BCUT2D eigenvalue weighted by Gasteiger charge is -2.08. The number of carbonyl (C=O) groups is 1. The van der Waals surface area contributed by atoms with Crippen LogP contribution in [0.1, 0.15) is 32.9 Å². The van der Waals surface area contributed by atoms with Gasteiger partial charge in [0, 0.05) is 16.2 Å². The number of aromatic nitrogens is 4. The Balaban J connectivity index is 1.43. The maximum Gasteiger partial charge on any atom is 0.255 e. The molecule has 0 radical (unpaired) electrons. The molecule has 0 saturated heterocycles. The van der Waals surface area contributed by atoms with Gasteiger partial charge in [-0.1, -0.05) is 51.8 Å². The van der Waals surface area contributed by atoms with Crippen LogP contribution in [-0.2, 0) is 13.1 Å². The van der Waals surface area contributed by atoms with Crippen molar-refractivity contribution in [3.8, 4) is 0 Å². The molecule has 1 amide bonds. The number of hydrogen-bond donors (Lipinski definition) is 1. The highest BCUT2D eigenvalue weighted by Gasteiger charge is 2.12. The summed E-state index contributed by atoms with van der Waals surface area (Å²) in [5, 5.41) is 12.4. The summed E-state index contributed by atoms with van der Waals surface area (Å²) in [4.78, 5) is 12.8. The van der Waals surface area contributed by atoms with E-state index < -0.39 is 0 Å². The Morgan fingerprint density at radius 2 is 1.87 bits per heavy atom. The first-order valence-corrected chi connectivity index (χ1v) is 10.9. The van der Waals surface area contributed by atoms with E-state index >= 15 is 0 Å². The lowest BCUT2D eigenvalue weighted by molar-refractivity contribution is 0.102. The Hall–Kier alpha value is -2.90. The van der Waals surface area contributed by atoms with Crippen molar-refractivity contribution in [3.63, 3.8) is 0 Å². The lowest BCUT2D eigenvalue weighted by Crippen LogP contribution is -2.12. The van der Waals surface area contributed by atoms with Gasteiger partial charge in [0.2, 0.25) is 0 Å². The molecule has 0 bridgehead atoms. The fourth-order valence-corrected chi connectivity index (χ4v) is 3.71. The smallest absolute Gasteiger partial charge is 0.255 e. The number of hydrogen-bond acceptors (Lipinski definition) is 3. The minimum Gasteiger partial charge on any atom is -0.319 e. The first-order valence-electron chi connectivity index (χ1n) is 9.76. The van der Waals surface area contributed by atoms with Crippen LogP contribution in [0.2, 0.25) is 5.02 Å². The van der Waals surface area contributed by atoms with Crippen molar-refractivity contribution < 1.29 is 4.79 Å². The monoisotopic (exact) mass is 497 g/mol. The van der Waals surface area contributed by atoms with E-state index in [0.29, 0.717) is 29.4 Å². The first kappa shape index (κ1) is 21.3. The summed E-state index contributed by atoms with van der Waals surface area (Å²) >= 11 is 9.67. The van der Waals surface area contributed by atoms with Gasteiger partial charge < -0.3 is 5.32 Å².